The molecule has 2 heterocycles. The molecule has 1 N–H and O–H groups in total. The Balaban J connectivity index is 2.25. The molecule has 0 spiro atoms. The number of nitrogens with zero attached hydrogens (tertiary/aromatic N) is 2. The number of thiophene rings is 1. The van der Waals surface area contributed by atoms with Crippen molar-refractivity contribution in [1.82, 2.24) is 9.29 Å². The number of pyridine rings is 1. The Hall–Kier alpha value is -1.28. The number of rotatable bonds is 6. The minimum Gasteiger partial charge on any atom is -0.391 e. The number of hydrogen-bond acceptors (Lipinski definition) is 5. The third kappa shape index (κ3) is 3.24. The van der Waals surface area contributed by atoms with Gasteiger partial charge in [0.25, 0.3) is 0 Å². The molecule has 2 aromatic rings. The fraction of sp³-hybridized carbons (Fsp3) is 0.308. The van der Waals surface area contributed by atoms with Crippen molar-refractivity contribution >= 4 is 21.4 Å². The van der Waals surface area contributed by atoms with Gasteiger partial charge in [-0.05, 0) is 23.8 Å². The van der Waals surface area contributed by atoms with Gasteiger partial charge in [-0.1, -0.05) is 6.92 Å². The monoisotopic (exact) mass is 312 g/mol. The van der Waals surface area contributed by atoms with Crippen LogP contribution in [0.15, 0.2) is 40.9 Å². The lowest BCUT2D eigenvalue weighted by Crippen LogP contribution is -2.30. The van der Waals surface area contributed by atoms with E-state index in [1.54, 1.807) is 36.8 Å². The molecule has 0 amide bonds. The first-order valence-corrected chi connectivity index (χ1v) is 8.47. The molecular weight excluding hydrogens is 296 g/mol. The summed E-state index contributed by atoms with van der Waals surface area (Å²) >= 11 is 1.24. The maximum Gasteiger partial charge on any atom is 0.244 e. The standard InChI is InChI=1S/C13H16N2O3S2/c1-2-15(8-11-3-5-14-6-4-11)20(17,18)13-7-12(9-16)19-10-13/h3-7,10,16H,2,8-9H2,1H3. The highest BCUT2D eigenvalue weighted by Crippen LogP contribution is 2.23. The Kier molecular flexibility index (Phi) is 4.87. The van der Waals surface area contributed by atoms with Crippen molar-refractivity contribution in [2.24, 2.45) is 0 Å². The third-order valence-electron chi connectivity index (χ3n) is 2.88. The van der Waals surface area contributed by atoms with Crippen LogP contribution in [0.1, 0.15) is 17.4 Å². The molecule has 5 nitrogen and oxygen atoms in total. The molecule has 0 aliphatic rings. The van der Waals surface area contributed by atoms with Crippen LogP contribution in [-0.2, 0) is 23.2 Å². The van der Waals surface area contributed by atoms with Crippen molar-refractivity contribution in [3.63, 3.8) is 0 Å². The Morgan fingerprint density at radius 3 is 2.60 bits per heavy atom. The zero-order chi connectivity index (χ0) is 14.6. The largest absolute Gasteiger partial charge is 0.391 e. The topological polar surface area (TPSA) is 70.5 Å². The van der Waals surface area contributed by atoms with E-state index in [2.05, 4.69) is 4.98 Å². The first kappa shape index (κ1) is 15.1. The number of sulfonamides is 1. The average molecular weight is 312 g/mol. The fourth-order valence-corrected chi connectivity index (χ4v) is 4.35. The van der Waals surface area contributed by atoms with Crippen LogP contribution in [-0.4, -0.2) is 29.4 Å². The van der Waals surface area contributed by atoms with E-state index in [9.17, 15) is 8.42 Å². The van der Waals surface area contributed by atoms with Crippen LogP contribution < -0.4 is 0 Å². The summed E-state index contributed by atoms with van der Waals surface area (Å²) in [5.74, 6) is 0. The van der Waals surface area contributed by atoms with Crippen molar-refractivity contribution < 1.29 is 13.5 Å². The Morgan fingerprint density at radius 1 is 1.35 bits per heavy atom. The normalized spacial score (nSPS) is 11.9. The van der Waals surface area contributed by atoms with Crippen LogP contribution in [0.5, 0.6) is 0 Å². The van der Waals surface area contributed by atoms with E-state index in [4.69, 9.17) is 5.11 Å². The van der Waals surface area contributed by atoms with Crippen LogP contribution in [0.25, 0.3) is 0 Å². The highest BCUT2D eigenvalue weighted by atomic mass is 32.2. The van der Waals surface area contributed by atoms with Crippen molar-refractivity contribution in [3.8, 4) is 0 Å². The molecule has 0 aromatic carbocycles. The second-order valence-corrected chi connectivity index (χ2v) is 7.13. The predicted octanol–water partition coefficient (Wildman–Crippen LogP) is 1.85. The van der Waals surface area contributed by atoms with Crippen LogP contribution in [0.2, 0.25) is 0 Å². The maximum atomic E-state index is 12.5. The van der Waals surface area contributed by atoms with Gasteiger partial charge in [-0.2, -0.15) is 4.31 Å². The minimum absolute atomic E-state index is 0.142. The molecule has 0 aliphatic carbocycles. The summed E-state index contributed by atoms with van der Waals surface area (Å²) < 4.78 is 26.5. The summed E-state index contributed by atoms with van der Waals surface area (Å²) in [6.45, 7) is 2.36. The predicted molar refractivity (Wildman–Crippen MR) is 77.7 cm³/mol. The molecule has 0 atom stereocenters. The molecule has 7 heteroatoms. The summed E-state index contributed by atoms with van der Waals surface area (Å²) in [7, 11) is -3.53. The lowest BCUT2D eigenvalue weighted by Gasteiger charge is -2.19. The molecule has 0 bridgehead atoms. The molecule has 0 unspecified atom stereocenters. The number of hydrogen-bond donors (Lipinski definition) is 1. The summed E-state index contributed by atoms with van der Waals surface area (Å²) in [5, 5.41) is 10.6. The van der Waals surface area contributed by atoms with Crippen molar-refractivity contribution in [1.29, 1.82) is 0 Å². The minimum atomic E-state index is -3.53. The average Bonchev–Trinajstić information content (AvgIpc) is 2.95. The SMILES string of the molecule is CCN(Cc1ccncc1)S(=O)(=O)c1csc(CO)c1. The highest BCUT2D eigenvalue weighted by molar-refractivity contribution is 7.89. The zero-order valence-electron chi connectivity index (χ0n) is 11.1. The van der Waals surface area contributed by atoms with Gasteiger partial charge in [-0.3, -0.25) is 4.98 Å². The molecule has 0 fully saturated rings. The molecule has 0 radical (unpaired) electrons. The summed E-state index contributed by atoms with van der Waals surface area (Å²) in [6.07, 6.45) is 3.29. The van der Waals surface area contributed by atoms with Gasteiger partial charge >= 0.3 is 0 Å². The lowest BCUT2D eigenvalue weighted by molar-refractivity contribution is 0.285. The highest BCUT2D eigenvalue weighted by Gasteiger charge is 2.24. The molecule has 0 aliphatic heterocycles. The summed E-state index contributed by atoms with van der Waals surface area (Å²) in [6, 6.07) is 5.12. The van der Waals surface area contributed by atoms with Gasteiger partial charge in [-0.25, -0.2) is 8.42 Å². The van der Waals surface area contributed by atoms with Crippen molar-refractivity contribution in [2.45, 2.75) is 25.0 Å². The van der Waals surface area contributed by atoms with Crippen LogP contribution in [0.4, 0.5) is 0 Å². The fourth-order valence-electron chi connectivity index (χ4n) is 1.79. The number of aliphatic hydroxyl groups is 1. The third-order valence-corrected chi connectivity index (χ3v) is 5.85. The van der Waals surface area contributed by atoms with Gasteiger partial charge in [0.1, 0.15) is 0 Å². The number of aromatic nitrogens is 1. The van der Waals surface area contributed by atoms with E-state index in [1.807, 2.05) is 0 Å². The molecule has 108 valence electrons. The van der Waals surface area contributed by atoms with Gasteiger partial charge in [0.05, 0.1) is 11.5 Å². The quantitative estimate of drug-likeness (QED) is 0.883. The van der Waals surface area contributed by atoms with E-state index >= 15 is 0 Å². The van der Waals surface area contributed by atoms with Gasteiger partial charge in [0.2, 0.25) is 10.0 Å². The Morgan fingerprint density at radius 2 is 2.05 bits per heavy atom. The lowest BCUT2D eigenvalue weighted by atomic mass is 10.3. The first-order chi connectivity index (χ1) is 9.57. The van der Waals surface area contributed by atoms with Crippen LogP contribution in [0.3, 0.4) is 0 Å². The van der Waals surface area contributed by atoms with Crippen molar-refractivity contribution in [3.05, 3.63) is 46.4 Å². The zero-order valence-corrected chi connectivity index (χ0v) is 12.7. The van der Waals surface area contributed by atoms with Gasteiger partial charge in [0.15, 0.2) is 0 Å². The van der Waals surface area contributed by atoms with Crippen LogP contribution >= 0.6 is 11.3 Å². The first-order valence-electron chi connectivity index (χ1n) is 6.15. The van der Waals surface area contributed by atoms with Gasteiger partial charge < -0.3 is 5.11 Å². The molecule has 0 saturated carbocycles. The molecule has 2 aromatic heterocycles. The summed E-state index contributed by atoms with van der Waals surface area (Å²) in [5.41, 5.74) is 0.892. The van der Waals surface area contributed by atoms with E-state index in [-0.39, 0.29) is 11.5 Å². The van der Waals surface area contributed by atoms with Gasteiger partial charge in [-0.15, -0.1) is 11.3 Å². The smallest absolute Gasteiger partial charge is 0.244 e. The summed E-state index contributed by atoms with van der Waals surface area (Å²) in [4.78, 5) is 4.80. The second kappa shape index (κ2) is 6.45. The molecule has 20 heavy (non-hydrogen) atoms. The number of aliphatic hydroxyl groups excluding tert-OH is 1. The van der Waals surface area contributed by atoms with Crippen LogP contribution in [0, 0.1) is 0 Å². The van der Waals surface area contributed by atoms with E-state index < -0.39 is 10.0 Å². The van der Waals surface area contributed by atoms with Gasteiger partial charge in [0, 0.05) is 35.7 Å². The van der Waals surface area contributed by atoms with E-state index in [0.29, 0.717) is 18.0 Å². The molecule has 0 saturated heterocycles. The Labute approximate surface area is 122 Å². The molecule has 2 rings (SSSR count). The Bertz CT molecular complexity index is 653. The van der Waals surface area contributed by atoms with E-state index in [0.717, 1.165) is 5.56 Å². The molecular formula is C13H16N2O3S2. The maximum absolute atomic E-state index is 12.5. The van der Waals surface area contributed by atoms with E-state index in [1.165, 1.54) is 21.7 Å². The second-order valence-electron chi connectivity index (χ2n) is 4.19. The van der Waals surface area contributed by atoms with Crippen molar-refractivity contribution in [2.75, 3.05) is 6.54 Å².